The van der Waals surface area contributed by atoms with E-state index in [-0.39, 0.29) is 6.04 Å². The topological polar surface area (TPSA) is 38.0 Å². The lowest BCUT2D eigenvalue weighted by Gasteiger charge is -2.18. The molecule has 0 spiro atoms. The summed E-state index contributed by atoms with van der Waals surface area (Å²) in [5.74, 6) is 0. The van der Waals surface area contributed by atoms with Crippen LogP contribution in [-0.2, 0) is 0 Å². The van der Waals surface area contributed by atoms with Crippen molar-refractivity contribution in [2.75, 3.05) is 11.9 Å². The first-order chi connectivity index (χ1) is 8.69. The largest absolute Gasteiger partial charge is 0.377 e. The third-order valence-corrected chi connectivity index (χ3v) is 3.47. The molecule has 2 nitrogen and oxygen atoms in total. The van der Waals surface area contributed by atoms with E-state index in [2.05, 4.69) is 33.4 Å². The van der Waals surface area contributed by atoms with Crippen molar-refractivity contribution in [2.45, 2.75) is 6.04 Å². The number of rotatable bonds is 4. The smallest absolute Gasteiger partial charge is 0.0636 e. The van der Waals surface area contributed by atoms with Crippen LogP contribution in [0.25, 0.3) is 0 Å². The SMILES string of the molecule is NCC(Nc1ccc(Cl)cc1)c1ccc(Br)cc1. The zero-order valence-corrected chi connectivity index (χ0v) is 12.1. The molecular formula is C14H14BrClN2. The van der Waals surface area contributed by atoms with Gasteiger partial charge in [0.2, 0.25) is 0 Å². The minimum Gasteiger partial charge on any atom is -0.377 e. The van der Waals surface area contributed by atoms with Crippen LogP contribution in [0.3, 0.4) is 0 Å². The summed E-state index contributed by atoms with van der Waals surface area (Å²) in [6, 6.07) is 15.9. The molecule has 0 aliphatic heterocycles. The molecule has 0 aromatic heterocycles. The van der Waals surface area contributed by atoms with Gasteiger partial charge >= 0.3 is 0 Å². The molecule has 0 radical (unpaired) electrons. The molecule has 0 saturated carbocycles. The van der Waals surface area contributed by atoms with E-state index in [1.807, 2.05) is 36.4 Å². The van der Waals surface area contributed by atoms with Crippen molar-refractivity contribution in [1.82, 2.24) is 0 Å². The van der Waals surface area contributed by atoms with Crippen molar-refractivity contribution >= 4 is 33.2 Å². The van der Waals surface area contributed by atoms with Gasteiger partial charge in [0.15, 0.2) is 0 Å². The lowest BCUT2D eigenvalue weighted by molar-refractivity contribution is 0.790. The second-order valence-electron chi connectivity index (χ2n) is 3.99. The summed E-state index contributed by atoms with van der Waals surface area (Å²) in [7, 11) is 0. The van der Waals surface area contributed by atoms with Crippen LogP contribution in [-0.4, -0.2) is 6.54 Å². The number of benzene rings is 2. The molecule has 2 aromatic carbocycles. The summed E-state index contributed by atoms with van der Waals surface area (Å²) >= 11 is 9.28. The van der Waals surface area contributed by atoms with Gasteiger partial charge in [0.05, 0.1) is 6.04 Å². The molecule has 0 heterocycles. The van der Waals surface area contributed by atoms with Gasteiger partial charge in [-0.2, -0.15) is 0 Å². The number of nitrogens with one attached hydrogen (secondary N) is 1. The van der Waals surface area contributed by atoms with Gasteiger partial charge in [-0.3, -0.25) is 0 Å². The molecule has 4 heteroatoms. The molecule has 0 bridgehead atoms. The molecule has 2 aromatic rings. The number of anilines is 1. The summed E-state index contributed by atoms with van der Waals surface area (Å²) in [5.41, 5.74) is 7.99. The first kappa shape index (κ1) is 13.4. The Labute approximate surface area is 120 Å². The molecule has 18 heavy (non-hydrogen) atoms. The molecule has 0 aliphatic rings. The Morgan fingerprint density at radius 1 is 1.06 bits per heavy atom. The minimum atomic E-state index is 0.0966. The Hall–Kier alpha value is -1.03. The molecule has 0 aliphatic carbocycles. The maximum absolute atomic E-state index is 5.86. The molecule has 1 unspecified atom stereocenters. The molecule has 94 valence electrons. The van der Waals surface area contributed by atoms with Crippen LogP contribution in [0.4, 0.5) is 5.69 Å². The van der Waals surface area contributed by atoms with Gasteiger partial charge in [0.1, 0.15) is 0 Å². The Morgan fingerprint density at radius 3 is 2.22 bits per heavy atom. The quantitative estimate of drug-likeness (QED) is 0.883. The normalized spacial score (nSPS) is 12.2. The Morgan fingerprint density at radius 2 is 1.67 bits per heavy atom. The highest BCUT2D eigenvalue weighted by atomic mass is 79.9. The molecule has 1 atom stereocenters. The van der Waals surface area contributed by atoms with Gasteiger partial charge in [-0.25, -0.2) is 0 Å². The van der Waals surface area contributed by atoms with Gasteiger partial charge in [0.25, 0.3) is 0 Å². The number of hydrogen-bond acceptors (Lipinski definition) is 2. The second-order valence-corrected chi connectivity index (χ2v) is 5.34. The van der Waals surface area contributed by atoms with E-state index in [9.17, 15) is 0 Å². The van der Waals surface area contributed by atoms with Gasteiger partial charge in [-0.05, 0) is 42.0 Å². The maximum Gasteiger partial charge on any atom is 0.0636 e. The summed E-state index contributed by atoms with van der Waals surface area (Å²) < 4.78 is 1.06. The number of hydrogen-bond donors (Lipinski definition) is 2. The summed E-state index contributed by atoms with van der Waals surface area (Å²) in [4.78, 5) is 0. The fraction of sp³-hybridized carbons (Fsp3) is 0.143. The van der Waals surface area contributed by atoms with Crippen LogP contribution in [0.2, 0.25) is 5.02 Å². The number of halogens is 2. The Bertz CT molecular complexity index is 496. The van der Waals surface area contributed by atoms with Crippen molar-refractivity contribution in [3.05, 3.63) is 63.6 Å². The van der Waals surface area contributed by atoms with E-state index in [0.29, 0.717) is 6.54 Å². The third-order valence-electron chi connectivity index (χ3n) is 2.69. The van der Waals surface area contributed by atoms with Crippen LogP contribution in [0.5, 0.6) is 0 Å². The van der Waals surface area contributed by atoms with Crippen molar-refractivity contribution in [3.63, 3.8) is 0 Å². The fourth-order valence-electron chi connectivity index (χ4n) is 1.72. The monoisotopic (exact) mass is 324 g/mol. The molecule has 3 N–H and O–H groups in total. The highest BCUT2D eigenvalue weighted by Gasteiger charge is 2.08. The first-order valence-corrected chi connectivity index (χ1v) is 6.84. The van der Waals surface area contributed by atoms with Crippen LogP contribution in [0, 0.1) is 0 Å². The Balaban J connectivity index is 2.14. The van der Waals surface area contributed by atoms with Crippen molar-refractivity contribution < 1.29 is 0 Å². The van der Waals surface area contributed by atoms with Crippen molar-refractivity contribution in [1.29, 1.82) is 0 Å². The average molecular weight is 326 g/mol. The van der Waals surface area contributed by atoms with Gasteiger partial charge in [0, 0.05) is 21.7 Å². The van der Waals surface area contributed by atoms with E-state index >= 15 is 0 Å². The van der Waals surface area contributed by atoms with E-state index in [4.69, 9.17) is 17.3 Å². The second kappa shape index (κ2) is 6.23. The molecule has 2 rings (SSSR count). The lowest BCUT2D eigenvalue weighted by atomic mass is 10.1. The maximum atomic E-state index is 5.86. The first-order valence-electron chi connectivity index (χ1n) is 5.66. The zero-order valence-electron chi connectivity index (χ0n) is 9.74. The van der Waals surface area contributed by atoms with E-state index in [0.717, 1.165) is 20.7 Å². The summed E-state index contributed by atoms with van der Waals surface area (Å²) in [6.45, 7) is 0.532. The predicted octanol–water partition coefficient (Wildman–Crippen LogP) is 4.21. The molecule has 0 saturated heterocycles. The van der Waals surface area contributed by atoms with Crippen molar-refractivity contribution in [2.24, 2.45) is 5.73 Å². The van der Waals surface area contributed by atoms with Crippen LogP contribution in [0.15, 0.2) is 53.0 Å². The minimum absolute atomic E-state index is 0.0966. The summed E-state index contributed by atoms with van der Waals surface area (Å²) in [5, 5.41) is 4.12. The van der Waals surface area contributed by atoms with Crippen LogP contribution in [0.1, 0.15) is 11.6 Å². The number of nitrogens with two attached hydrogens (primary N) is 1. The predicted molar refractivity (Wildman–Crippen MR) is 81.0 cm³/mol. The zero-order chi connectivity index (χ0) is 13.0. The van der Waals surface area contributed by atoms with E-state index in [1.54, 1.807) is 0 Å². The van der Waals surface area contributed by atoms with Crippen molar-refractivity contribution in [3.8, 4) is 0 Å². The van der Waals surface area contributed by atoms with Gasteiger partial charge in [-0.1, -0.05) is 39.7 Å². The lowest BCUT2D eigenvalue weighted by Crippen LogP contribution is -2.20. The molecule has 0 fully saturated rings. The summed E-state index contributed by atoms with van der Waals surface area (Å²) in [6.07, 6.45) is 0. The van der Waals surface area contributed by atoms with Crippen LogP contribution >= 0.6 is 27.5 Å². The average Bonchev–Trinajstić information content (AvgIpc) is 2.39. The molecular weight excluding hydrogens is 312 g/mol. The van der Waals surface area contributed by atoms with E-state index < -0.39 is 0 Å². The van der Waals surface area contributed by atoms with Gasteiger partial charge < -0.3 is 11.1 Å². The highest BCUT2D eigenvalue weighted by Crippen LogP contribution is 2.22. The molecule has 0 amide bonds. The van der Waals surface area contributed by atoms with Crippen LogP contribution < -0.4 is 11.1 Å². The standard InChI is InChI=1S/C14H14BrClN2/c15-11-3-1-10(2-4-11)14(9-17)18-13-7-5-12(16)6-8-13/h1-8,14,18H,9,17H2. The highest BCUT2D eigenvalue weighted by molar-refractivity contribution is 9.10. The fourth-order valence-corrected chi connectivity index (χ4v) is 2.11. The van der Waals surface area contributed by atoms with Gasteiger partial charge in [-0.15, -0.1) is 0 Å². The third kappa shape index (κ3) is 3.48. The van der Waals surface area contributed by atoms with E-state index in [1.165, 1.54) is 0 Å². The Kier molecular flexibility index (Phi) is 4.64.